The lowest BCUT2D eigenvalue weighted by Crippen LogP contribution is -2.48. The number of benzene rings is 1. The molecule has 1 aliphatic heterocycles. The molecule has 2 saturated carbocycles. The Balaban J connectivity index is 0.000000185. The van der Waals surface area contributed by atoms with Crippen LogP contribution in [-0.2, 0) is 22.6 Å². The number of nitrogens with zero attached hydrogens (tertiary/aromatic N) is 1. The van der Waals surface area contributed by atoms with Gasteiger partial charge in [0.15, 0.2) is 0 Å². The van der Waals surface area contributed by atoms with Gasteiger partial charge in [0, 0.05) is 31.5 Å². The van der Waals surface area contributed by atoms with Crippen LogP contribution in [0.2, 0.25) is 0 Å². The summed E-state index contributed by atoms with van der Waals surface area (Å²) in [5.74, 6) is -0.660. The van der Waals surface area contributed by atoms with Gasteiger partial charge < -0.3 is 15.3 Å². The molecule has 1 aromatic carbocycles. The summed E-state index contributed by atoms with van der Waals surface area (Å²) in [6.45, 7) is 0.375. The van der Waals surface area contributed by atoms with E-state index >= 15 is 0 Å². The van der Waals surface area contributed by atoms with E-state index in [0.29, 0.717) is 18.7 Å². The third-order valence-corrected chi connectivity index (χ3v) is 7.08. The standard InChI is InChI=1S/C13H15NO3S.C12H23N/c15-12(5-6-18)14-8-10-4-2-1-3-9(10)7-11(14)13(16)17;1-3-7-11(8-4-1)13-12-9-5-2-6-10-12/h1-4,11,18H,5-8H2,(H,16,17);11-13H,1-10H2. The summed E-state index contributed by atoms with van der Waals surface area (Å²) < 4.78 is 0. The highest BCUT2D eigenvalue weighted by Crippen LogP contribution is 2.24. The Kier molecular flexibility index (Phi) is 9.72. The number of hydrogen-bond donors (Lipinski definition) is 3. The molecule has 0 radical (unpaired) electrons. The van der Waals surface area contributed by atoms with E-state index in [0.717, 1.165) is 23.2 Å². The van der Waals surface area contributed by atoms with Crippen LogP contribution >= 0.6 is 12.6 Å². The molecule has 3 aliphatic rings. The van der Waals surface area contributed by atoms with Crippen LogP contribution in [-0.4, -0.2) is 45.8 Å². The van der Waals surface area contributed by atoms with Crippen LogP contribution in [0.25, 0.3) is 0 Å². The first-order valence-electron chi connectivity index (χ1n) is 12.0. The van der Waals surface area contributed by atoms with Gasteiger partial charge >= 0.3 is 5.97 Å². The topological polar surface area (TPSA) is 69.6 Å². The average Bonchev–Trinajstić information content (AvgIpc) is 2.80. The minimum atomic E-state index is -0.947. The van der Waals surface area contributed by atoms with Crippen molar-refractivity contribution in [3.63, 3.8) is 0 Å². The van der Waals surface area contributed by atoms with E-state index in [-0.39, 0.29) is 12.3 Å². The monoisotopic (exact) mass is 446 g/mol. The first-order chi connectivity index (χ1) is 15.1. The van der Waals surface area contributed by atoms with Crippen molar-refractivity contribution in [1.82, 2.24) is 10.2 Å². The van der Waals surface area contributed by atoms with Gasteiger partial charge in [-0.15, -0.1) is 0 Å². The first-order valence-corrected chi connectivity index (χ1v) is 12.7. The molecular weight excluding hydrogens is 408 g/mol. The van der Waals surface area contributed by atoms with Crippen LogP contribution in [0.3, 0.4) is 0 Å². The van der Waals surface area contributed by atoms with E-state index in [1.165, 1.54) is 69.1 Å². The first kappa shape index (κ1) is 24.1. The lowest BCUT2D eigenvalue weighted by molar-refractivity contribution is -0.151. The second-order valence-corrected chi connectivity index (χ2v) is 9.61. The fourth-order valence-corrected chi connectivity index (χ4v) is 5.31. The predicted octanol–water partition coefficient (Wildman–Crippen LogP) is 4.59. The van der Waals surface area contributed by atoms with E-state index in [9.17, 15) is 14.7 Å². The second kappa shape index (κ2) is 12.5. The summed E-state index contributed by atoms with van der Waals surface area (Å²) in [4.78, 5) is 24.7. The lowest BCUT2D eigenvalue weighted by Gasteiger charge is -2.34. The van der Waals surface area contributed by atoms with Crippen LogP contribution in [0.1, 0.15) is 81.8 Å². The maximum Gasteiger partial charge on any atom is 0.326 e. The fraction of sp³-hybridized carbons (Fsp3) is 0.680. The van der Waals surface area contributed by atoms with Crippen molar-refractivity contribution in [3.05, 3.63) is 35.4 Å². The van der Waals surface area contributed by atoms with Gasteiger partial charge in [0.2, 0.25) is 5.91 Å². The van der Waals surface area contributed by atoms with Gasteiger partial charge in [-0.25, -0.2) is 4.79 Å². The summed E-state index contributed by atoms with van der Waals surface area (Å²) in [5, 5.41) is 13.1. The smallest absolute Gasteiger partial charge is 0.326 e. The number of amides is 1. The second-order valence-electron chi connectivity index (χ2n) is 9.16. The van der Waals surface area contributed by atoms with Gasteiger partial charge in [-0.1, -0.05) is 62.8 Å². The third-order valence-electron chi connectivity index (χ3n) is 6.86. The number of thiol groups is 1. The summed E-state index contributed by atoms with van der Waals surface area (Å²) in [6.07, 6.45) is 15.2. The van der Waals surface area contributed by atoms with Gasteiger partial charge in [0.25, 0.3) is 0 Å². The molecule has 4 rings (SSSR count). The lowest BCUT2D eigenvalue weighted by atomic mass is 9.91. The molecule has 1 amide bonds. The molecule has 2 aliphatic carbocycles. The molecule has 2 N–H and O–H groups in total. The quantitative estimate of drug-likeness (QED) is 0.579. The van der Waals surface area contributed by atoms with Crippen LogP contribution < -0.4 is 5.32 Å². The van der Waals surface area contributed by atoms with Crippen LogP contribution in [0.15, 0.2) is 24.3 Å². The summed E-state index contributed by atoms with van der Waals surface area (Å²) in [6, 6.07) is 8.64. The number of carboxylic acids is 1. The van der Waals surface area contributed by atoms with Crippen LogP contribution in [0.4, 0.5) is 0 Å². The van der Waals surface area contributed by atoms with Crippen molar-refractivity contribution in [1.29, 1.82) is 0 Å². The highest BCUT2D eigenvalue weighted by atomic mass is 32.1. The molecule has 6 heteroatoms. The summed E-state index contributed by atoms with van der Waals surface area (Å²) in [5.41, 5.74) is 2.04. The summed E-state index contributed by atoms with van der Waals surface area (Å²) in [7, 11) is 0. The number of hydrogen-bond acceptors (Lipinski definition) is 4. The van der Waals surface area contributed by atoms with Crippen LogP contribution in [0, 0.1) is 0 Å². The van der Waals surface area contributed by atoms with Gasteiger partial charge in [-0.05, 0) is 42.6 Å². The van der Waals surface area contributed by atoms with Crippen LogP contribution in [0.5, 0.6) is 0 Å². The number of fused-ring (bicyclic) bond motifs is 1. The van der Waals surface area contributed by atoms with E-state index in [1.807, 2.05) is 24.3 Å². The number of carbonyl (C=O) groups excluding carboxylic acids is 1. The predicted molar refractivity (Wildman–Crippen MR) is 127 cm³/mol. The van der Waals surface area contributed by atoms with E-state index in [4.69, 9.17) is 0 Å². The maximum atomic E-state index is 11.9. The Bertz CT molecular complexity index is 698. The van der Waals surface area contributed by atoms with E-state index < -0.39 is 12.0 Å². The minimum Gasteiger partial charge on any atom is -0.480 e. The number of aliphatic carboxylic acids is 1. The molecule has 2 fully saturated rings. The Labute approximate surface area is 192 Å². The van der Waals surface area contributed by atoms with Crippen molar-refractivity contribution in [3.8, 4) is 0 Å². The average molecular weight is 447 g/mol. The molecule has 1 heterocycles. The number of carboxylic acid groups (broad SMARTS) is 1. The molecule has 0 bridgehead atoms. The zero-order valence-corrected chi connectivity index (χ0v) is 19.5. The highest BCUT2D eigenvalue weighted by Gasteiger charge is 2.33. The molecule has 1 atom stereocenters. The molecule has 5 nitrogen and oxygen atoms in total. The zero-order chi connectivity index (χ0) is 22.1. The molecular formula is C25H38N2O3S. The van der Waals surface area contributed by atoms with Crippen molar-refractivity contribution in [2.45, 2.75) is 102 Å². The largest absolute Gasteiger partial charge is 0.480 e. The molecule has 31 heavy (non-hydrogen) atoms. The molecule has 1 unspecified atom stereocenters. The van der Waals surface area contributed by atoms with Crippen molar-refractivity contribution in [2.24, 2.45) is 0 Å². The minimum absolute atomic E-state index is 0.146. The van der Waals surface area contributed by atoms with Crippen molar-refractivity contribution >= 4 is 24.5 Å². The Hall–Kier alpha value is -1.53. The fourth-order valence-electron chi connectivity index (χ4n) is 5.12. The van der Waals surface area contributed by atoms with Gasteiger partial charge in [0.05, 0.1) is 0 Å². The molecule has 0 spiro atoms. The summed E-state index contributed by atoms with van der Waals surface area (Å²) >= 11 is 4.02. The molecule has 0 aromatic heterocycles. The van der Waals surface area contributed by atoms with Gasteiger partial charge in [-0.3, -0.25) is 4.79 Å². The van der Waals surface area contributed by atoms with Gasteiger partial charge in [0.1, 0.15) is 6.04 Å². The molecule has 172 valence electrons. The van der Waals surface area contributed by atoms with Crippen molar-refractivity contribution in [2.75, 3.05) is 5.75 Å². The maximum absolute atomic E-state index is 11.9. The van der Waals surface area contributed by atoms with E-state index in [1.54, 1.807) is 0 Å². The SMILES string of the molecule is C1CCC(NC2CCCCC2)CC1.O=C(O)C1Cc2ccccc2CN1C(=O)CCS. The Morgan fingerprint density at radius 1 is 0.935 bits per heavy atom. The molecule has 0 saturated heterocycles. The third kappa shape index (κ3) is 7.25. The number of nitrogens with one attached hydrogen (secondary N) is 1. The normalized spacial score (nSPS) is 22.2. The Morgan fingerprint density at radius 2 is 1.48 bits per heavy atom. The Morgan fingerprint density at radius 3 is 2.00 bits per heavy atom. The van der Waals surface area contributed by atoms with Crippen molar-refractivity contribution < 1.29 is 14.7 Å². The highest BCUT2D eigenvalue weighted by molar-refractivity contribution is 7.80. The van der Waals surface area contributed by atoms with E-state index in [2.05, 4.69) is 17.9 Å². The number of rotatable bonds is 5. The number of carbonyl (C=O) groups is 2. The van der Waals surface area contributed by atoms with Gasteiger partial charge in [-0.2, -0.15) is 12.6 Å². The zero-order valence-electron chi connectivity index (χ0n) is 18.6. The molecule has 1 aromatic rings.